The molecule has 0 saturated heterocycles. The van der Waals surface area contributed by atoms with Crippen LogP contribution in [-0.2, 0) is 11.3 Å². The Hall–Kier alpha value is -1.59. The van der Waals surface area contributed by atoms with Crippen molar-refractivity contribution in [2.75, 3.05) is 34.4 Å². The Morgan fingerprint density at radius 2 is 1.96 bits per heavy atom. The number of rotatable bonds is 7. The average molecular weight is 334 g/mol. The third-order valence-electron chi connectivity index (χ3n) is 5.06. The molecule has 134 valence electrons. The number of nitrogens with zero attached hydrogens (tertiary/aromatic N) is 2. The van der Waals surface area contributed by atoms with Gasteiger partial charge in [-0.2, -0.15) is 0 Å². The number of carbonyl (C=O) groups is 1. The van der Waals surface area contributed by atoms with E-state index in [4.69, 9.17) is 4.74 Å². The van der Waals surface area contributed by atoms with E-state index in [-0.39, 0.29) is 5.91 Å². The topological polar surface area (TPSA) is 53.0 Å². The Morgan fingerprint density at radius 1 is 1.25 bits per heavy atom. The second-order valence-corrected chi connectivity index (χ2v) is 6.87. The van der Waals surface area contributed by atoms with Crippen molar-refractivity contribution in [3.05, 3.63) is 29.8 Å². The van der Waals surface area contributed by atoms with Crippen molar-refractivity contribution in [2.24, 2.45) is 5.92 Å². The Bertz CT molecular complexity index is 527. The first-order valence-corrected chi connectivity index (χ1v) is 8.71. The predicted octanol–water partition coefficient (Wildman–Crippen LogP) is 2.14. The molecule has 1 aliphatic carbocycles. The number of benzene rings is 1. The van der Waals surface area contributed by atoms with Gasteiger partial charge in [0.2, 0.25) is 5.91 Å². The molecule has 0 radical (unpaired) electrons. The van der Waals surface area contributed by atoms with Gasteiger partial charge in [-0.25, -0.2) is 0 Å². The summed E-state index contributed by atoms with van der Waals surface area (Å²) in [5, 5.41) is 9.23. The minimum Gasteiger partial charge on any atom is -0.497 e. The summed E-state index contributed by atoms with van der Waals surface area (Å²) in [5.41, 5.74) is 1.07. The summed E-state index contributed by atoms with van der Waals surface area (Å²) < 4.78 is 5.23. The summed E-state index contributed by atoms with van der Waals surface area (Å²) in [6.45, 7) is 1.31. The van der Waals surface area contributed by atoms with Gasteiger partial charge in [-0.05, 0) is 56.3 Å². The molecule has 0 unspecified atom stereocenters. The summed E-state index contributed by atoms with van der Waals surface area (Å²) in [7, 11) is 5.52. The molecule has 1 N–H and O–H groups in total. The lowest BCUT2D eigenvalue weighted by Crippen LogP contribution is -2.42. The fraction of sp³-hybridized carbons (Fsp3) is 0.632. The molecule has 1 aromatic carbocycles. The number of aliphatic hydroxyl groups excluding tert-OH is 1. The number of aliphatic hydroxyl groups is 1. The maximum absolute atomic E-state index is 12.5. The van der Waals surface area contributed by atoms with Crippen molar-refractivity contribution in [1.82, 2.24) is 9.80 Å². The van der Waals surface area contributed by atoms with E-state index in [9.17, 15) is 9.90 Å². The highest BCUT2D eigenvalue weighted by Gasteiger charge is 2.25. The Morgan fingerprint density at radius 3 is 2.58 bits per heavy atom. The molecule has 1 aromatic rings. The minimum absolute atomic E-state index is 0.129. The van der Waals surface area contributed by atoms with E-state index in [2.05, 4.69) is 4.90 Å². The minimum atomic E-state index is 0.129. The third kappa shape index (κ3) is 5.21. The lowest BCUT2D eigenvalue weighted by molar-refractivity contribution is -0.132. The zero-order chi connectivity index (χ0) is 17.5. The molecule has 1 aliphatic rings. The lowest BCUT2D eigenvalue weighted by Gasteiger charge is -2.34. The van der Waals surface area contributed by atoms with Gasteiger partial charge >= 0.3 is 0 Å². The molecular weight excluding hydrogens is 304 g/mol. The maximum atomic E-state index is 12.5. The van der Waals surface area contributed by atoms with E-state index in [0.29, 0.717) is 31.7 Å². The zero-order valence-corrected chi connectivity index (χ0v) is 15.1. The van der Waals surface area contributed by atoms with Crippen LogP contribution in [-0.4, -0.2) is 61.2 Å². The van der Waals surface area contributed by atoms with Crippen LogP contribution in [0.25, 0.3) is 0 Å². The molecule has 0 bridgehead atoms. The summed E-state index contributed by atoms with van der Waals surface area (Å²) in [5.74, 6) is 1.39. The van der Waals surface area contributed by atoms with Crippen LogP contribution in [0, 0.1) is 5.92 Å². The van der Waals surface area contributed by atoms with Crippen molar-refractivity contribution >= 4 is 5.91 Å². The number of carbonyl (C=O) groups excluding carboxylic acids is 1. The largest absolute Gasteiger partial charge is 0.497 e. The van der Waals surface area contributed by atoms with Crippen LogP contribution in [0.3, 0.4) is 0 Å². The number of methoxy groups -OCH3 is 1. The van der Waals surface area contributed by atoms with Crippen molar-refractivity contribution in [2.45, 2.75) is 38.3 Å². The molecule has 24 heavy (non-hydrogen) atoms. The molecule has 1 fully saturated rings. The quantitative estimate of drug-likeness (QED) is 0.830. The highest BCUT2D eigenvalue weighted by atomic mass is 16.5. The molecule has 5 heteroatoms. The second kappa shape index (κ2) is 9.04. The Balaban J connectivity index is 1.82. The number of amides is 1. The van der Waals surface area contributed by atoms with Gasteiger partial charge in [0.1, 0.15) is 5.75 Å². The van der Waals surface area contributed by atoms with Crippen LogP contribution in [0.2, 0.25) is 0 Å². The smallest absolute Gasteiger partial charge is 0.236 e. The molecule has 1 saturated carbocycles. The van der Waals surface area contributed by atoms with E-state index in [0.717, 1.165) is 37.0 Å². The van der Waals surface area contributed by atoms with Crippen LogP contribution >= 0.6 is 0 Å². The van der Waals surface area contributed by atoms with Crippen LogP contribution in [0.15, 0.2) is 24.3 Å². The van der Waals surface area contributed by atoms with Crippen molar-refractivity contribution in [3.8, 4) is 5.75 Å². The molecular formula is C19H30N2O3. The van der Waals surface area contributed by atoms with Gasteiger partial charge < -0.3 is 14.7 Å². The van der Waals surface area contributed by atoms with Gasteiger partial charge in [-0.1, -0.05) is 12.1 Å². The monoisotopic (exact) mass is 334 g/mol. The number of ether oxygens (including phenoxy) is 1. The summed E-state index contributed by atoms with van der Waals surface area (Å²) >= 11 is 0. The maximum Gasteiger partial charge on any atom is 0.236 e. The number of hydrogen-bond acceptors (Lipinski definition) is 4. The molecule has 0 atom stereocenters. The highest BCUT2D eigenvalue weighted by Crippen LogP contribution is 2.26. The van der Waals surface area contributed by atoms with E-state index < -0.39 is 0 Å². The molecule has 2 rings (SSSR count). The highest BCUT2D eigenvalue weighted by molar-refractivity contribution is 5.78. The van der Waals surface area contributed by atoms with Gasteiger partial charge in [0.25, 0.3) is 0 Å². The third-order valence-corrected chi connectivity index (χ3v) is 5.06. The van der Waals surface area contributed by atoms with E-state index in [1.807, 2.05) is 38.4 Å². The molecule has 0 heterocycles. The fourth-order valence-corrected chi connectivity index (χ4v) is 3.36. The molecule has 0 aromatic heterocycles. The van der Waals surface area contributed by atoms with E-state index in [1.165, 1.54) is 0 Å². The van der Waals surface area contributed by atoms with Crippen molar-refractivity contribution in [1.29, 1.82) is 0 Å². The van der Waals surface area contributed by atoms with Gasteiger partial charge in [-0.15, -0.1) is 0 Å². The summed E-state index contributed by atoms with van der Waals surface area (Å²) in [6.07, 6.45) is 4.24. The summed E-state index contributed by atoms with van der Waals surface area (Å²) in [4.78, 5) is 16.4. The van der Waals surface area contributed by atoms with Gasteiger partial charge in [0.15, 0.2) is 0 Å². The van der Waals surface area contributed by atoms with E-state index in [1.54, 1.807) is 12.0 Å². The van der Waals surface area contributed by atoms with Crippen LogP contribution in [0.4, 0.5) is 0 Å². The van der Waals surface area contributed by atoms with Crippen LogP contribution < -0.4 is 4.74 Å². The predicted molar refractivity (Wildman–Crippen MR) is 94.9 cm³/mol. The molecule has 0 spiro atoms. The second-order valence-electron chi connectivity index (χ2n) is 6.87. The normalized spacial score (nSPS) is 20.9. The van der Waals surface area contributed by atoms with E-state index >= 15 is 0 Å². The first-order valence-electron chi connectivity index (χ1n) is 8.71. The number of likely N-dealkylation sites (N-methyl/N-ethyl adjacent to an activating group) is 2. The Labute approximate surface area is 145 Å². The first kappa shape index (κ1) is 18.7. The zero-order valence-electron chi connectivity index (χ0n) is 15.1. The van der Waals surface area contributed by atoms with Crippen LogP contribution in [0.5, 0.6) is 5.75 Å². The van der Waals surface area contributed by atoms with Gasteiger partial charge in [0.05, 0.1) is 13.7 Å². The SMILES string of the molecule is COc1cccc(CN(C)C(=O)CN(C)C2CCC(CO)CC2)c1. The van der Waals surface area contributed by atoms with Crippen LogP contribution in [0.1, 0.15) is 31.2 Å². The summed E-state index contributed by atoms with van der Waals surface area (Å²) in [6, 6.07) is 8.26. The number of hydrogen-bond donors (Lipinski definition) is 1. The first-order chi connectivity index (χ1) is 11.5. The standard InChI is InChI=1S/C19H30N2O3/c1-20(17-9-7-15(14-22)8-10-17)13-19(23)21(2)12-16-5-4-6-18(11-16)24-3/h4-6,11,15,17,22H,7-10,12-14H2,1-3H3. The Kier molecular flexibility index (Phi) is 7.06. The molecule has 1 amide bonds. The lowest BCUT2D eigenvalue weighted by atomic mass is 9.86. The van der Waals surface area contributed by atoms with Gasteiger partial charge in [0, 0.05) is 26.2 Å². The molecule has 0 aliphatic heterocycles. The average Bonchev–Trinajstić information content (AvgIpc) is 2.61. The van der Waals surface area contributed by atoms with Crippen molar-refractivity contribution in [3.63, 3.8) is 0 Å². The van der Waals surface area contributed by atoms with Gasteiger partial charge in [-0.3, -0.25) is 9.69 Å². The molecule has 5 nitrogen and oxygen atoms in total. The van der Waals surface area contributed by atoms with Crippen molar-refractivity contribution < 1.29 is 14.6 Å². The fourth-order valence-electron chi connectivity index (χ4n) is 3.36.